The Morgan fingerprint density at radius 2 is 1.00 bits per heavy atom. The zero-order chi connectivity index (χ0) is 40.7. The topological polar surface area (TPSA) is 17.4 Å². The van der Waals surface area contributed by atoms with Gasteiger partial charge in [-0.2, -0.15) is 0 Å². The number of anilines is 3. The highest BCUT2D eigenvalue weighted by atomic mass is 16.5. The number of para-hydroxylation sites is 3. The molecule has 1 aliphatic carbocycles. The summed E-state index contributed by atoms with van der Waals surface area (Å²) in [6, 6.07) is 79.8. The minimum Gasteiger partial charge on any atom is -0.457 e. The van der Waals surface area contributed by atoms with Crippen molar-refractivity contribution in [1.29, 1.82) is 0 Å². The zero-order valence-electron chi connectivity index (χ0n) is 34.1. The monoisotopic (exact) mass is 782 g/mol. The summed E-state index contributed by atoms with van der Waals surface area (Å²) in [5.74, 6) is 1.81. The first-order valence-electron chi connectivity index (χ1n) is 21.2. The second-order valence-corrected chi connectivity index (χ2v) is 16.9. The minimum absolute atomic E-state index is 0.294. The lowest BCUT2D eigenvalue weighted by Gasteiger charge is -2.37. The molecule has 0 unspecified atom stereocenters. The summed E-state index contributed by atoms with van der Waals surface area (Å²) in [4.78, 5) is 2.48. The van der Waals surface area contributed by atoms with Gasteiger partial charge in [-0.3, -0.25) is 0 Å². The molecule has 10 aromatic rings. The van der Waals surface area contributed by atoms with E-state index >= 15 is 0 Å². The molecule has 0 saturated carbocycles. The van der Waals surface area contributed by atoms with Gasteiger partial charge in [0, 0.05) is 44.4 Å². The first kappa shape index (κ1) is 35.3. The van der Waals surface area contributed by atoms with Gasteiger partial charge in [0.05, 0.1) is 22.1 Å². The second-order valence-electron chi connectivity index (χ2n) is 16.9. The smallest absolute Gasteiger partial charge is 0.131 e. The van der Waals surface area contributed by atoms with E-state index in [2.05, 4.69) is 242 Å². The summed E-state index contributed by atoms with van der Waals surface area (Å²) in [7, 11) is 0. The summed E-state index contributed by atoms with van der Waals surface area (Å²) in [6.45, 7) is 4.63. The Hall–Kier alpha value is -7.62. The van der Waals surface area contributed by atoms with Gasteiger partial charge in [0.2, 0.25) is 0 Å². The van der Waals surface area contributed by atoms with E-state index < -0.39 is 5.41 Å². The summed E-state index contributed by atoms with van der Waals surface area (Å²) in [6.07, 6.45) is 0. The van der Waals surface area contributed by atoms with Gasteiger partial charge in [-0.15, -0.1) is 0 Å². The van der Waals surface area contributed by atoms with E-state index in [0.29, 0.717) is 0 Å². The van der Waals surface area contributed by atoms with Crippen LogP contribution >= 0.6 is 0 Å². The third kappa shape index (κ3) is 5.10. The van der Waals surface area contributed by atoms with Crippen molar-refractivity contribution in [3.05, 3.63) is 252 Å². The normalized spacial score (nSPS) is 14.1. The maximum atomic E-state index is 6.63. The van der Waals surface area contributed by atoms with E-state index in [9.17, 15) is 0 Å². The van der Waals surface area contributed by atoms with Crippen LogP contribution in [0.2, 0.25) is 0 Å². The maximum Gasteiger partial charge on any atom is 0.131 e. The Morgan fingerprint density at radius 1 is 0.426 bits per heavy atom. The highest BCUT2D eigenvalue weighted by Crippen LogP contribution is 2.57. The fourth-order valence-corrected chi connectivity index (χ4v) is 10.6. The van der Waals surface area contributed by atoms with Crippen LogP contribution in [0.15, 0.2) is 218 Å². The average molecular weight is 783 g/mol. The molecule has 0 amide bonds. The number of hydrogen-bond donors (Lipinski definition) is 0. The predicted octanol–water partition coefficient (Wildman–Crippen LogP) is 15.0. The second kappa shape index (κ2) is 13.5. The van der Waals surface area contributed by atoms with Crippen LogP contribution in [-0.2, 0) is 10.8 Å². The quantitative estimate of drug-likeness (QED) is 0.167. The molecule has 0 N–H and O–H groups in total. The lowest BCUT2D eigenvalue weighted by Crippen LogP contribution is -2.29. The van der Waals surface area contributed by atoms with Crippen molar-refractivity contribution in [3.8, 4) is 28.3 Å². The van der Waals surface area contributed by atoms with E-state index in [4.69, 9.17) is 4.74 Å². The third-order valence-corrected chi connectivity index (χ3v) is 13.3. The fourth-order valence-electron chi connectivity index (χ4n) is 10.6. The van der Waals surface area contributed by atoms with Gasteiger partial charge < -0.3 is 14.2 Å². The minimum atomic E-state index is -0.541. The lowest BCUT2D eigenvalue weighted by atomic mass is 9.67. The van der Waals surface area contributed by atoms with E-state index in [-0.39, 0.29) is 5.41 Å². The van der Waals surface area contributed by atoms with Crippen molar-refractivity contribution in [2.24, 2.45) is 0 Å². The van der Waals surface area contributed by atoms with Crippen molar-refractivity contribution < 1.29 is 4.74 Å². The van der Waals surface area contributed by atoms with E-state index in [1.165, 1.54) is 55.2 Å². The number of nitrogens with zero attached hydrogens (tertiary/aromatic N) is 2. The zero-order valence-corrected chi connectivity index (χ0v) is 34.1. The van der Waals surface area contributed by atoms with Crippen LogP contribution in [0.1, 0.15) is 47.2 Å². The van der Waals surface area contributed by atoms with Crippen LogP contribution in [0.5, 0.6) is 11.5 Å². The summed E-state index contributed by atoms with van der Waals surface area (Å²) in [5.41, 5.74) is 15.8. The van der Waals surface area contributed by atoms with Gasteiger partial charge >= 0.3 is 0 Å². The molecular weight excluding hydrogens is 741 g/mol. The largest absolute Gasteiger partial charge is 0.457 e. The molecule has 0 fully saturated rings. The van der Waals surface area contributed by atoms with Gasteiger partial charge in [-0.1, -0.05) is 166 Å². The number of aromatic nitrogens is 1. The number of rotatable bonds is 6. The number of benzene rings is 9. The molecular formula is C58H42N2O. The Labute approximate surface area is 356 Å². The van der Waals surface area contributed by atoms with Gasteiger partial charge in [0.1, 0.15) is 11.5 Å². The van der Waals surface area contributed by atoms with Crippen molar-refractivity contribution in [2.75, 3.05) is 4.90 Å². The molecule has 3 nitrogen and oxygen atoms in total. The van der Waals surface area contributed by atoms with E-state index in [0.717, 1.165) is 45.3 Å². The Bertz CT molecular complexity index is 3280. The predicted molar refractivity (Wildman–Crippen MR) is 251 cm³/mol. The third-order valence-electron chi connectivity index (χ3n) is 13.3. The average Bonchev–Trinajstić information content (AvgIpc) is 3.82. The molecule has 1 aromatic heterocycles. The van der Waals surface area contributed by atoms with Gasteiger partial charge in [0.25, 0.3) is 0 Å². The number of fused-ring (bicyclic) bond motifs is 8. The SMILES string of the molecule is CC1(C)c2ccccc2Oc2ccc(N(c3cccc(C4(c5ccccc5)c5ccccc5-c5ccccc54)c3)c3cccc4c3c3ccccc3n4-c3ccccc3)cc21. The highest BCUT2D eigenvalue weighted by molar-refractivity contribution is 6.16. The molecule has 12 rings (SSSR count). The molecule has 2 heterocycles. The molecule has 0 saturated heterocycles. The molecule has 2 aliphatic rings. The Balaban J connectivity index is 1.15. The van der Waals surface area contributed by atoms with Crippen LogP contribution < -0.4 is 9.64 Å². The molecule has 0 spiro atoms. The molecule has 0 atom stereocenters. The summed E-state index contributed by atoms with van der Waals surface area (Å²) in [5, 5.41) is 2.40. The number of ether oxygens (including phenoxy) is 1. The number of hydrogen-bond acceptors (Lipinski definition) is 2. The summed E-state index contributed by atoms with van der Waals surface area (Å²) >= 11 is 0. The van der Waals surface area contributed by atoms with Crippen molar-refractivity contribution >= 4 is 38.9 Å². The molecule has 1 aliphatic heterocycles. The van der Waals surface area contributed by atoms with Gasteiger partial charge in [0.15, 0.2) is 0 Å². The highest BCUT2D eigenvalue weighted by Gasteiger charge is 2.46. The Morgan fingerprint density at radius 3 is 1.77 bits per heavy atom. The van der Waals surface area contributed by atoms with Gasteiger partial charge in [-0.05, 0) is 100 Å². The van der Waals surface area contributed by atoms with Crippen LogP contribution in [0.4, 0.5) is 17.1 Å². The molecule has 61 heavy (non-hydrogen) atoms. The first-order valence-corrected chi connectivity index (χ1v) is 21.2. The molecule has 0 radical (unpaired) electrons. The van der Waals surface area contributed by atoms with E-state index in [1.54, 1.807) is 0 Å². The maximum absolute atomic E-state index is 6.63. The summed E-state index contributed by atoms with van der Waals surface area (Å²) < 4.78 is 9.04. The van der Waals surface area contributed by atoms with Crippen molar-refractivity contribution in [1.82, 2.24) is 4.57 Å². The molecule has 3 heteroatoms. The van der Waals surface area contributed by atoms with Crippen LogP contribution in [0, 0.1) is 0 Å². The van der Waals surface area contributed by atoms with Crippen molar-refractivity contribution in [2.45, 2.75) is 24.7 Å². The van der Waals surface area contributed by atoms with Crippen LogP contribution in [0.25, 0.3) is 38.6 Å². The van der Waals surface area contributed by atoms with Crippen LogP contribution in [-0.4, -0.2) is 4.57 Å². The molecule has 9 aromatic carbocycles. The Kier molecular flexibility index (Phi) is 7.79. The standard InChI is InChI=1S/C58H42N2O/c1-57(2)49-30-14-16-34-54(49)61-55-36-35-43(38-50(55)57)59(52-32-18-33-53-56(52)46-27-11-15-31-51(46)60(53)41-22-7-4-8-23-41)42-24-17-21-40(37-42)58(39-19-5-3-6-20-39)47-28-12-9-25-44(47)45-26-10-13-29-48(45)58/h3-38H,1-2H3. The molecule has 0 bridgehead atoms. The van der Waals surface area contributed by atoms with E-state index in [1.807, 2.05) is 0 Å². The van der Waals surface area contributed by atoms with Crippen LogP contribution in [0.3, 0.4) is 0 Å². The van der Waals surface area contributed by atoms with Crippen molar-refractivity contribution in [3.63, 3.8) is 0 Å². The molecule has 290 valence electrons. The first-order chi connectivity index (χ1) is 30.0. The lowest BCUT2D eigenvalue weighted by molar-refractivity contribution is 0.418. The van der Waals surface area contributed by atoms with Gasteiger partial charge in [-0.25, -0.2) is 0 Å². The fraction of sp³-hybridized carbons (Fsp3) is 0.0690.